The van der Waals surface area contributed by atoms with Crippen LogP contribution in [0.15, 0.2) is 42.9 Å². The number of hydrogen-bond donors (Lipinski definition) is 1. The van der Waals surface area contributed by atoms with Crippen LogP contribution < -0.4 is 5.32 Å². The maximum absolute atomic E-state index is 12.3. The summed E-state index contributed by atoms with van der Waals surface area (Å²) >= 11 is 0. The highest BCUT2D eigenvalue weighted by molar-refractivity contribution is 6.04. The summed E-state index contributed by atoms with van der Waals surface area (Å²) in [6.07, 6.45) is 6.33. The van der Waals surface area contributed by atoms with E-state index in [9.17, 15) is 4.79 Å². The lowest BCUT2D eigenvalue weighted by Crippen LogP contribution is -2.11. The second-order valence-electron chi connectivity index (χ2n) is 6.00. The van der Waals surface area contributed by atoms with E-state index in [-0.39, 0.29) is 5.91 Å². The fourth-order valence-corrected chi connectivity index (χ4v) is 2.74. The third-order valence-electron chi connectivity index (χ3n) is 4.35. The first-order valence-corrected chi connectivity index (χ1v) is 8.54. The van der Waals surface area contributed by atoms with Crippen LogP contribution in [0.5, 0.6) is 0 Å². The van der Waals surface area contributed by atoms with Gasteiger partial charge in [-0.15, -0.1) is 0 Å². The van der Waals surface area contributed by atoms with Gasteiger partial charge in [-0.3, -0.25) is 14.2 Å². The molecule has 1 amide bonds. The third kappa shape index (κ3) is 3.79. The second-order valence-corrected chi connectivity index (χ2v) is 6.00. The van der Waals surface area contributed by atoms with E-state index in [1.165, 1.54) is 5.56 Å². The van der Waals surface area contributed by atoms with Gasteiger partial charge in [0.05, 0.1) is 24.6 Å². The maximum Gasteiger partial charge on any atom is 0.255 e. The lowest BCUT2D eigenvalue weighted by molar-refractivity contribution is 0.102. The molecule has 0 fully saturated rings. The van der Waals surface area contributed by atoms with Gasteiger partial charge >= 0.3 is 0 Å². The van der Waals surface area contributed by atoms with E-state index in [0.29, 0.717) is 17.8 Å². The number of aromatic nitrogens is 4. The predicted octanol–water partition coefficient (Wildman–Crippen LogP) is 3.27. The van der Waals surface area contributed by atoms with Crippen molar-refractivity contribution >= 4 is 11.6 Å². The zero-order valence-electron chi connectivity index (χ0n) is 14.9. The van der Waals surface area contributed by atoms with Crippen molar-refractivity contribution in [2.24, 2.45) is 0 Å². The fraction of sp³-hybridized carbons (Fsp3) is 0.316. The molecule has 2 aromatic heterocycles. The standard InChI is InChI=1S/C19H23N5O/c1-4-15-6-8-16(9-7-15)19(25)22-18-11-20-23(13-18)12-17-10-21-24(5-2)14(17)3/h6-11,13H,4-5,12H2,1-3H3,(H,22,25). The van der Waals surface area contributed by atoms with Crippen molar-refractivity contribution in [3.05, 3.63) is 65.2 Å². The number of carbonyl (C=O) groups is 1. The molecule has 1 aromatic carbocycles. The van der Waals surface area contributed by atoms with Crippen LogP contribution in [0.1, 0.15) is 41.0 Å². The number of carbonyl (C=O) groups excluding carboxylic acids is 1. The van der Waals surface area contributed by atoms with Crippen LogP contribution in [0.25, 0.3) is 0 Å². The smallest absolute Gasteiger partial charge is 0.255 e. The number of rotatable bonds is 6. The number of anilines is 1. The summed E-state index contributed by atoms with van der Waals surface area (Å²) in [4.78, 5) is 12.3. The summed E-state index contributed by atoms with van der Waals surface area (Å²) in [6.45, 7) is 7.70. The fourth-order valence-electron chi connectivity index (χ4n) is 2.74. The highest BCUT2D eigenvalue weighted by Gasteiger charge is 2.10. The molecule has 0 aliphatic carbocycles. The number of aryl methyl sites for hydroxylation is 2. The molecule has 0 bridgehead atoms. The topological polar surface area (TPSA) is 64.7 Å². The zero-order valence-corrected chi connectivity index (χ0v) is 14.9. The van der Waals surface area contributed by atoms with Gasteiger partial charge in [0, 0.05) is 29.6 Å². The Bertz CT molecular complexity index is 860. The Morgan fingerprint density at radius 3 is 2.52 bits per heavy atom. The number of hydrogen-bond acceptors (Lipinski definition) is 3. The van der Waals surface area contributed by atoms with E-state index in [2.05, 4.69) is 36.3 Å². The molecule has 3 aromatic rings. The first-order chi connectivity index (χ1) is 12.1. The largest absolute Gasteiger partial charge is 0.319 e. The van der Waals surface area contributed by atoms with Crippen molar-refractivity contribution in [1.29, 1.82) is 0 Å². The quantitative estimate of drug-likeness (QED) is 0.751. The lowest BCUT2D eigenvalue weighted by atomic mass is 10.1. The Hall–Kier alpha value is -2.89. The van der Waals surface area contributed by atoms with E-state index >= 15 is 0 Å². The van der Waals surface area contributed by atoms with Gasteiger partial charge in [-0.05, 0) is 38.0 Å². The average Bonchev–Trinajstić information content (AvgIpc) is 3.22. The van der Waals surface area contributed by atoms with Gasteiger partial charge in [0.25, 0.3) is 5.91 Å². The Morgan fingerprint density at radius 1 is 1.12 bits per heavy atom. The SMILES string of the molecule is CCc1ccc(C(=O)Nc2cnn(Cc3cnn(CC)c3C)c2)cc1. The molecule has 0 aliphatic heterocycles. The van der Waals surface area contributed by atoms with Crippen LogP contribution in [0, 0.1) is 6.92 Å². The van der Waals surface area contributed by atoms with Crippen molar-refractivity contribution in [1.82, 2.24) is 19.6 Å². The van der Waals surface area contributed by atoms with Crippen LogP contribution in [-0.4, -0.2) is 25.5 Å². The lowest BCUT2D eigenvalue weighted by Gasteiger charge is -2.04. The second kappa shape index (κ2) is 7.34. The van der Waals surface area contributed by atoms with Crippen LogP contribution in [-0.2, 0) is 19.5 Å². The molecule has 6 nitrogen and oxygen atoms in total. The number of benzene rings is 1. The van der Waals surface area contributed by atoms with E-state index in [1.54, 1.807) is 10.9 Å². The molecule has 0 saturated heterocycles. The summed E-state index contributed by atoms with van der Waals surface area (Å²) in [5.74, 6) is -0.128. The van der Waals surface area contributed by atoms with Gasteiger partial charge in [0.1, 0.15) is 0 Å². The van der Waals surface area contributed by atoms with Gasteiger partial charge < -0.3 is 5.32 Å². The van der Waals surface area contributed by atoms with E-state index in [0.717, 1.165) is 24.2 Å². The summed E-state index contributed by atoms with van der Waals surface area (Å²) in [5.41, 5.74) is 4.81. The highest BCUT2D eigenvalue weighted by atomic mass is 16.1. The van der Waals surface area contributed by atoms with Crippen molar-refractivity contribution in [2.45, 2.75) is 40.3 Å². The molecule has 0 unspecified atom stereocenters. The zero-order chi connectivity index (χ0) is 17.8. The van der Waals surface area contributed by atoms with Crippen molar-refractivity contribution < 1.29 is 4.79 Å². The number of nitrogens with one attached hydrogen (secondary N) is 1. The molecule has 0 saturated carbocycles. The molecular formula is C19H23N5O. The summed E-state index contributed by atoms with van der Waals surface area (Å²) in [7, 11) is 0. The number of nitrogens with zero attached hydrogens (tertiary/aromatic N) is 4. The molecule has 0 aliphatic rings. The molecule has 1 N–H and O–H groups in total. The van der Waals surface area contributed by atoms with Gasteiger partial charge in [0.2, 0.25) is 0 Å². The monoisotopic (exact) mass is 337 g/mol. The summed E-state index contributed by atoms with van der Waals surface area (Å²) < 4.78 is 3.77. The first-order valence-electron chi connectivity index (χ1n) is 8.54. The van der Waals surface area contributed by atoms with E-state index in [1.807, 2.05) is 41.3 Å². The van der Waals surface area contributed by atoms with Crippen molar-refractivity contribution in [3.8, 4) is 0 Å². The van der Waals surface area contributed by atoms with Crippen molar-refractivity contribution in [3.63, 3.8) is 0 Å². The molecule has 0 radical (unpaired) electrons. The normalized spacial score (nSPS) is 10.8. The molecule has 0 atom stereocenters. The van der Waals surface area contributed by atoms with Crippen molar-refractivity contribution in [2.75, 3.05) is 5.32 Å². The third-order valence-corrected chi connectivity index (χ3v) is 4.35. The Kier molecular flexibility index (Phi) is 4.97. The molecule has 2 heterocycles. The molecule has 3 rings (SSSR count). The van der Waals surface area contributed by atoms with Gasteiger partial charge in [-0.2, -0.15) is 10.2 Å². The minimum Gasteiger partial charge on any atom is -0.319 e. The van der Waals surface area contributed by atoms with Crippen LogP contribution in [0.2, 0.25) is 0 Å². The molecule has 0 spiro atoms. The maximum atomic E-state index is 12.3. The Labute approximate surface area is 147 Å². The summed E-state index contributed by atoms with van der Waals surface area (Å²) in [6, 6.07) is 7.65. The first kappa shape index (κ1) is 17.0. The minimum atomic E-state index is -0.128. The number of amides is 1. The van der Waals surface area contributed by atoms with Gasteiger partial charge in [-0.25, -0.2) is 0 Å². The highest BCUT2D eigenvalue weighted by Crippen LogP contribution is 2.13. The minimum absolute atomic E-state index is 0.128. The molecule has 25 heavy (non-hydrogen) atoms. The van der Waals surface area contributed by atoms with E-state index in [4.69, 9.17) is 0 Å². The van der Waals surface area contributed by atoms with Gasteiger partial charge in [0.15, 0.2) is 0 Å². The molecule has 130 valence electrons. The van der Waals surface area contributed by atoms with Crippen LogP contribution in [0.4, 0.5) is 5.69 Å². The molecular weight excluding hydrogens is 314 g/mol. The van der Waals surface area contributed by atoms with Crippen LogP contribution in [0.3, 0.4) is 0 Å². The predicted molar refractivity (Wildman–Crippen MR) is 97.7 cm³/mol. The van der Waals surface area contributed by atoms with E-state index < -0.39 is 0 Å². The van der Waals surface area contributed by atoms with Crippen LogP contribution >= 0.6 is 0 Å². The average molecular weight is 337 g/mol. The Morgan fingerprint density at radius 2 is 1.88 bits per heavy atom. The summed E-state index contributed by atoms with van der Waals surface area (Å²) in [5, 5.41) is 11.6. The Balaban J connectivity index is 1.66. The molecule has 6 heteroatoms. The van der Waals surface area contributed by atoms with Gasteiger partial charge in [-0.1, -0.05) is 19.1 Å².